The van der Waals surface area contributed by atoms with Gasteiger partial charge in [-0.05, 0) is 55.9 Å². The van der Waals surface area contributed by atoms with E-state index < -0.39 is 22.0 Å². The summed E-state index contributed by atoms with van der Waals surface area (Å²) >= 11 is 0. The molecule has 0 atom stereocenters. The number of ether oxygens (including phenoxy) is 1. The fourth-order valence-corrected chi connectivity index (χ4v) is 5.51. The Hall–Kier alpha value is -3.94. The van der Waals surface area contributed by atoms with E-state index >= 15 is 0 Å². The normalized spacial score (nSPS) is 15.1. The summed E-state index contributed by atoms with van der Waals surface area (Å²) in [6.45, 7) is 3.74. The molecule has 5 rings (SSSR count). The minimum absolute atomic E-state index is 0.233. The molecule has 4 aromatic rings. The van der Waals surface area contributed by atoms with Crippen molar-refractivity contribution in [2.24, 2.45) is 5.92 Å². The van der Waals surface area contributed by atoms with Crippen LogP contribution in [-0.2, 0) is 21.3 Å². The van der Waals surface area contributed by atoms with Gasteiger partial charge in [-0.3, -0.25) is 14.4 Å². The van der Waals surface area contributed by atoms with Crippen molar-refractivity contribution < 1.29 is 27.6 Å². The van der Waals surface area contributed by atoms with Gasteiger partial charge in [0.2, 0.25) is 11.7 Å². The smallest absolute Gasteiger partial charge is 0.412 e. The zero-order chi connectivity index (χ0) is 28.7. The van der Waals surface area contributed by atoms with Crippen LogP contribution in [0.5, 0.6) is 0 Å². The van der Waals surface area contributed by atoms with E-state index in [9.17, 15) is 27.7 Å². The van der Waals surface area contributed by atoms with Crippen molar-refractivity contribution in [1.82, 2.24) is 24.6 Å². The number of benzene rings is 2. The van der Waals surface area contributed by atoms with E-state index in [1.807, 2.05) is 24.3 Å². The van der Waals surface area contributed by atoms with Crippen molar-refractivity contribution in [3.8, 4) is 17.2 Å². The number of nitrogens with one attached hydrogen (secondary N) is 2. The lowest BCUT2D eigenvalue weighted by Crippen LogP contribution is -2.42. The minimum Gasteiger partial charge on any atom is -0.418 e. The van der Waals surface area contributed by atoms with Gasteiger partial charge in [-0.15, -0.1) is 0 Å². The molecule has 1 aliphatic rings. The number of likely N-dealkylation sites (tertiary alicyclic amines) is 1. The largest absolute Gasteiger partial charge is 0.418 e. The molecule has 1 fully saturated rings. The summed E-state index contributed by atoms with van der Waals surface area (Å²) in [6, 6.07) is 13.1. The third-order valence-electron chi connectivity index (χ3n) is 7.01. The van der Waals surface area contributed by atoms with Crippen LogP contribution in [0.4, 0.5) is 4.79 Å². The molecule has 0 aliphatic carbocycles. The first-order valence-corrected chi connectivity index (χ1v) is 14.4. The molecular formula is C27H31N5O7S. The first-order chi connectivity index (χ1) is 18.9. The molecule has 12 nitrogen and oxygen atoms in total. The second-order valence-electron chi connectivity index (χ2n) is 10.5. The summed E-state index contributed by atoms with van der Waals surface area (Å²) in [7, 11) is -4.45. The van der Waals surface area contributed by atoms with Gasteiger partial charge in [0.25, 0.3) is 15.7 Å². The van der Waals surface area contributed by atoms with Gasteiger partial charge in [0.1, 0.15) is 0 Å². The molecule has 1 aliphatic heterocycles. The third kappa shape index (κ3) is 5.96. The highest BCUT2D eigenvalue weighted by Crippen LogP contribution is 2.28. The number of piperidine rings is 1. The fraction of sp³-hybridized carbons (Fsp3) is 0.370. The topological polar surface area (TPSA) is 171 Å². The van der Waals surface area contributed by atoms with E-state index in [0.717, 1.165) is 5.52 Å². The highest BCUT2D eigenvalue weighted by molar-refractivity contribution is 7.85. The van der Waals surface area contributed by atoms with Crippen molar-refractivity contribution in [2.45, 2.75) is 50.2 Å². The fourth-order valence-electron chi connectivity index (χ4n) is 4.98. The molecule has 13 heteroatoms. The van der Waals surface area contributed by atoms with Crippen molar-refractivity contribution >= 4 is 27.2 Å². The summed E-state index contributed by atoms with van der Waals surface area (Å²) in [4.78, 5) is 34.9. The van der Waals surface area contributed by atoms with Gasteiger partial charge >= 0.3 is 6.09 Å². The van der Waals surface area contributed by atoms with Crippen LogP contribution in [0.15, 0.2) is 58.2 Å². The van der Waals surface area contributed by atoms with Crippen LogP contribution in [-0.4, -0.2) is 67.7 Å². The molecule has 2 aromatic carbocycles. The second kappa shape index (κ2) is 10.6. The molecule has 212 valence electrons. The summed E-state index contributed by atoms with van der Waals surface area (Å²) in [6.07, 6.45) is 1.90. The van der Waals surface area contributed by atoms with Gasteiger partial charge in [0.05, 0.1) is 21.6 Å². The first-order valence-electron chi connectivity index (χ1n) is 13.0. The highest BCUT2D eigenvalue weighted by atomic mass is 32.2. The molecule has 2 aromatic heterocycles. The minimum atomic E-state index is -4.45. The van der Waals surface area contributed by atoms with Crippen LogP contribution in [0.25, 0.3) is 28.2 Å². The number of nitrogens with zero attached hydrogens (tertiary/aromatic N) is 3. The van der Waals surface area contributed by atoms with Crippen molar-refractivity contribution in [3.05, 3.63) is 64.4 Å². The number of carbonyl (C=O) groups excluding carboxylic acids is 1. The number of imidazole rings is 1. The summed E-state index contributed by atoms with van der Waals surface area (Å²) in [5.41, 5.74) is 2.44. The van der Waals surface area contributed by atoms with E-state index in [4.69, 9.17) is 4.74 Å². The van der Waals surface area contributed by atoms with Gasteiger partial charge in [0, 0.05) is 38.1 Å². The number of para-hydroxylation sites is 2. The number of aliphatic hydroxyl groups is 1. The molecule has 4 N–H and O–H groups in total. The number of amides is 1. The quantitative estimate of drug-likeness (QED) is 0.194. The van der Waals surface area contributed by atoms with Gasteiger partial charge in [0.15, 0.2) is 0 Å². The predicted octanol–water partition coefficient (Wildman–Crippen LogP) is 3.47. The number of H-pyrrole nitrogens is 2. The average molecular weight is 570 g/mol. The molecule has 0 saturated carbocycles. The van der Waals surface area contributed by atoms with Crippen LogP contribution < -0.4 is 5.56 Å². The lowest BCUT2D eigenvalue weighted by Gasteiger charge is -2.33. The Morgan fingerprint density at radius 2 is 1.88 bits per heavy atom. The molecule has 1 amide bonds. The van der Waals surface area contributed by atoms with Crippen molar-refractivity contribution in [1.29, 1.82) is 0 Å². The second-order valence-corrected chi connectivity index (χ2v) is 11.9. The highest BCUT2D eigenvalue weighted by Gasteiger charge is 2.28. The standard InChI is InChI=1S/C27H31N5O7S/c1-27(2,35)39-26(34)31-14-12-17(13-15-31)10-11-20-23(18-6-5-7-19(16-18)40(36,37)38)30-32(24(20)33)25-28-21-8-3-4-9-22(21)29-25/h3-9,16-17,30,35H,10-15H2,1-2H3,(H,28,29)(H,36,37,38). The lowest BCUT2D eigenvalue weighted by atomic mass is 9.90. The SMILES string of the molecule is CC(C)(O)OC(=O)N1CCC(CCc2c(-c3cccc(S(=O)(=O)O)c3)[nH]n(-c3nc4ccccc4[nH]3)c2=O)CC1. The van der Waals surface area contributed by atoms with E-state index in [-0.39, 0.29) is 16.4 Å². The summed E-state index contributed by atoms with van der Waals surface area (Å²) < 4.78 is 39.5. The number of aromatic amines is 2. The maximum atomic E-state index is 13.7. The molecule has 0 bridgehead atoms. The van der Waals surface area contributed by atoms with Gasteiger partial charge in [-0.25, -0.2) is 9.78 Å². The van der Waals surface area contributed by atoms with Gasteiger partial charge < -0.3 is 19.7 Å². The summed E-state index contributed by atoms with van der Waals surface area (Å²) in [5.74, 6) is -1.02. The van der Waals surface area contributed by atoms with Crippen LogP contribution in [0.2, 0.25) is 0 Å². The number of fused-ring (bicyclic) bond motifs is 1. The average Bonchev–Trinajstić information content (AvgIpc) is 3.47. The predicted molar refractivity (Wildman–Crippen MR) is 147 cm³/mol. The Morgan fingerprint density at radius 1 is 1.15 bits per heavy atom. The monoisotopic (exact) mass is 569 g/mol. The molecule has 0 unspecified atom stereocenters. The zero-order valence-electron chi connectivity index (χ0n) is 22.1. The van der Waals surface area contributed by atoms with Crippen LogP contribution in [0.3, 0.4) is 0 Å². The maximum absolute atomic E-state index is 13.7. The molecule has 1 saturated heterocycles. The van der Waals surface area contributed by atoms with Crippen LogP contribution in [0, 0.1) is 5.92 Å². The third-order valence-corrected chi connectivity index (χ3v) is 7.86. The van der Waals surface area contributed by atoms with E-state index in [1.165, 1.54) is 36.7 Å². The molecular weight excluding hydrogens is 538 g/mol. The maximum Gasteiger partial charge on any atom is 0.412 e. The molecule has 3 heterocycles. The number of carbonyl (C=O) groups is 1. The van der Waals surface area contributed by atoms with Gasteiger partial charge in [-0.1, -0.05) is 24.3 Å². The van der Waals surface area contributed by atoms with E-state index in [2.05, 4.69) is 15.1 Å². The first kappa shape index (κ1) is 27.6. The number of hydrogen-bond donors (Lipinski definition) is 4. The Morgan fingerprint density at radius 3 is 2.55 bits per heavy atom. The Balaban J connectivity index is 1.42. The number of rotatable bonds is 7. The Kier molecular flexibility index (Phi) is 7.29. The molecule has 0 spiro atoms. The van der Waals surface area contributed by atoms with E-state index in [0.29, 0.717) is 67.1 Å². The van der Waals surface area contributed by atoms with Crippen LogP contribution >= 0.6 is 0 Å². The van der Waals surface area contributed by atoms with E-state index in [1.54, 1.807) is 11.0 Å². The number of aromatic nitrogens is 4. The molecule has 0 radical (unpaired) electrons. The Labute approximate surface area is 230 Å². The Bertz CT molecular complexity index is 1670. The van der Waals surface area contributed by atoms with Crippen molar-refractivity contribution in [2.75, 3.05) is 13.1 Å². The summed E-state index contributed by atoms with van der Waals surface area (Å²) in [5, 5.41) is 12.9. The van der Waals surface area contributed by atoms with Crippen LogP contribution in [0.1, 0.15) is 38.7 Å². The number of hydrogen-bond acceptors (Lipinski definition) is 7. The lowest BCUT2D eigenvalue weighted by molar-refractivity contribution is -0.140. The van der Waals surface area contributed by atoms with Crippen molar-refractivity contribution in [3.63, 3.8) is 0 Å². The zero-order valence-corrected chi connectivity index (χ0v) is 22.9. The van der Waals surface area contributed by atoms with Gasteiger partial charge in [-0.2, -0.15) is 13.1 Å². The molecule has 40 heavy (non-hydrogen) atoms.